The zero-order chi connectivity index (χ0) is 16.1. The van der Waals surface area contributed by atoms with Crippen molar-refractivity contribution in [1.82, 2.24) is 4.98 Å². The van der Waals surface area contributed by atoms with Crippen molar-refractivity contribution in [3.8, 4) is 0 Å². The number of esters is 1. The molecule has 1 heterocycles. The van der Waals surface area contributed by atoms with Gasteiger partial charge in [-0.05, 0) is 48.1 Å². The van der Waals surface area contributed by atoms with Gasteiger partial charge in [0.25, 0.3) is 0 Å². The molecule has 3 aliphatic rings. The molecule has 0 radical (unpaired) electrons. The van der Waals surface area contributed by atoms with E-state index >= 15 is 0 Å². The minimum Gasteiger partial charge on any atom is -0.458 e. The zero-order valence-corrected chi connectivity index (χ0v) is 14.2. The van der Waals surface area contributed by atoms with Gasteiger partial charge in [-0.25, -0.2) is 9.78 Å². The number of hydrogen-bond acceptors (Lipinski definition) is 4. The minimum atomic E-state index is -0.243. The van der Waals surface area contributed by atoms with Crippen molar-refractivity contribution >= 4 is 11.8 Å². The van der Waals surface area contributed by atoms with Crippen LogP contribution in [0.3, 0.4) is 0 Å². The fraction of sp³-hybridized carbons (Fsp3) is 0.667. The quantitative estimate of drug-likeness (QED) is 0.803. The number of pyridine rings is 1. The van der Waals surface area contributed by atoms with Crippen LogP contribution >= 0.6 is 0 Å². The van der Waals surface area contributed by atoms with Gasteiger partial charge in [-0.15, -0.1) is 0 Å². The fourth-order valence-electron chi connectivity index (χ4n) is 4.37. The van der Waals surface area contributed by atoms with E-state index < -0.39 is 0 Å². The second kappa shape index (κ2) is 5.25. The number of carbonyl (C=O) groups is 1. The first-order valence-electron chi connectivity index (χ1n) is 8.15. The van der Waals surface area contributed by atoms with Gasteiger partial charge in [0.1, 0.15) is 17.5 Å². The molecule has 0 aromatic carbocycles. The van der Waals surface area contributed by atoms with Gasteiger partial charge < -0.3 is 9.64 Å². The lowest BCUT2D eigenvalue weighted by Gasteiger charge is -2.61. The first kappa shape index (κ1) is 15.3. The third kappa shape index (κ3) is 2.29. The van der Waals surface area contributed by atoms with Crippen LogP contribution in [0, 0.1) is 23.2 Å². The molecule has 0 amide bonds. The topological polar surface area (TPSA) is 42.4 Å². The van der Waals surface area contributed by atoms with E-state index in [0.717, 1.165) is 6.42 Å². The maximum Gasteiger partial charge on any atom is 0.342 e. The molecule has 0 saturated heterocycles. The minimum absolute atomic E-state index is 0.0412. The fourth-order valence-corrected chi connectivity index (χ4v) is 4.37. The van der Waals surface area contributed by atoms with E-state index in [-0.39, 0.29) is 12.1 Å². The summed E-state index contributed by atoms with van der Waals surface area (Å²) in [6, 6.07) is 3.58. The Bertz CT molecular complexity index is 582. The second-order valence-electron chi connectivity index (χ2n) is 7.67. The molecule has 0 spiro atoms. The Labute approximate surface area is 132 Å². The van der Waals surface area contributed by atoms with Gasteiger partial charge >= 0.3 is 5.97 Å². The largest absolute Gasteiger partial charge is 0.458 e. The molecule has 3 fully saturated rings. The Morgan fingerprint density at radius 3 is 2.68 bits per heavy atom. The van der Waals surface area contributed by atoms with Crippen molar-refractivity contribution in [2.45, 2.75) is 39.7 Å². The number of fused-ring (bicyclic) bond motifs is 2. The van der Waals surface area contributed by atoms with Crippen molar-refractivity contribution in [2.24, 2.45) is 23.2 Å². The van der Waals surface area contributed by atoms with Gasteiger partial charge in [0, 0.05) is 20.3 Å². The summed E-state index contributed by atoms with van der Waals surface area (Å²) in [5.41, 5.74) is 0.962. The summed E-state index contributed by atoms with van der Waals surface area (Å²) >= 11 is 0. The molecule has 4 rings (SSSR count). The first-order valence-corrected chi connectivity index (χ1v) is 8.15. The average molecular weight is 302 g/mol. The molecular formula is C18H26N2O2. The molecular weight excluding hydrogens is 276 g/mol. The normalized spacial score (nSPS) is 32.0. The lowest BCUT2D eigenvalue weighted by Crippen LogP contribution is -2.57. The van der Waals surface area contributed by atoms with Crippen LogP contribution in [-0.4, -0.2) is 31.2 Å². The third-order valence-corrected chi connectivity index (χ3v) is 5.97. The standard InChI is InChI=1S/C18H26N2O2/c1-11-14-9-12(18(14,2)3)10-15(11)22-17(21)13-7-6-8-19-16(13)20(4)5/h6-8,11-12,14-15H,9-10H2,1-5H3/t11-,12-,14-,15+/m1/s1. The summed E-state index contributed by atoms with van der Waals surface area (Å²) in [5.74, 6) is 2.22. The molecule has 120 valence electrons. The molecule has 0 aliphatic heterocycles. The van der Waals surface area contributed by atoms with E-state index in [1.165, 1.54) is 6.42 Å². The summed E-state index contributed by atoms with van der Waals surface area (Å²) in [7, 11) is 3.78. The molecule has 0 N–H and O–H groups in total. The molecule has 4 nitrogen and oxygen atoms in total. The Morgan fingerprint density at radius 1 is 1.36 bits per heavy atom. The highest BCUT2D eigenvalue weighted by molar-refractivity contribution is 5.94. The monoisotopic (exact) mass is 302 g/mol. The SMILES string of the molecule is C[C@H]1[C@@H](OC(=O)c2cccnc2N(C)C)C[C@H]2C[C@H]1C2(C)C. The van der Waals surface area contributed by atoms with Crippen LogP contribution < -0.4 is 4.90 Å². The Hall–Kier alpha value is -1.58. The third-order valence-electron chi connectivity index (χ3n) is 5.97. The summed E-state index contributed by atoms with van der Waals surface area (Å²) in [6.07, 6.45) is 4.03. The van der Waals surface area contributed by atoms with E-state index in [4.69, 9.17) is 4.74 Å². The molecule has 0 unspecified atom stereocenters. The number of ether oxygens (including phenoxy) is 1. The first-order chi connectivity index (χ1) is 10.3. The lowest BCUT2D eigenvalue weighted by atomic mass is 9.45. The van der Waals surface area contributed by atoms with Gasteiger partial charge in [0.2, 0.25) is 0 Å². The highest BCUT2D eigenvalue weighted by atomic mass is 16.5. The van der Waals surface area contributed by atoms with Crippen LogP contribution in [0.15, 0.2) is 18.3 Å². The number of anilines is 1. The Morgan fingerprint density at radius 2 is 2.09 bits per heavy atom. The van der Waals surface area contributed by atoms with E-state index in [2.05, 4.69) is 25.8 Å². The molecule has 4 heteroatoms. The van der Waals surface area contributed by atoms with E-state index in [1.54, 1.807) is 18.3 Å². The molecule has 1 aromatic heterocycles. The predicted molar refractivity (Wildman–Crippen MR) is 86.9 cm³/mol. The number of aromatic nitrogens is 1. The van der Waals surface area contributed by atoms with Crippen molar-refractivity contribution in [3.05, 3.63) is 23.9 Å². The smallest absolute Gasteiger partial charge is 0.342 e. The lowest BCUT2D eigenvalue weighted by molar-refractivity contribution is -0.156. The van der Waals surface area contributed by atoms with Crippen LogP contribution in [0.5, 0.6) is 0 Å². The highest BCUT2D eigenvalue weighted by Crippen LogP contribution is 2.61. The van der Waals surface area contributed by atoms with E-state index in [1.807, 2.05) is 19.0 Å². The Kier molecular flexibility index (Phi) is 3.66. The molecule has 3 aliphatic carbocycles. The maximum absolute atomic E-state index is 12.6. The van der Waals surface area contributed by atoms with Crippen molar-refractivity contribution in [3.63, 3.8) is 0 Å². The summed E-state index contributed by atoms with van der Waals surface area (Å²) < 4.78 is 5.87. The van der Waals surface area contributed by atoms with Crippen LogP contribution in [-0.2, 0) is 4.74 Å². The summed E-state index contributed by atoms with van der Waals surface area (Å²) in [6.45, 7) is 6.94. The van der Waals surface area contributed by atoms with Gasteiger partial charge in [0.05, 0.1) is 0 Å². The summed E-state index contributed by atoms with van der Waals surface area (Å²) in [4.78, 5) is 18.7. The summed E-state index contributed by atoms with van der Waals surface area (Å²) in [5, 5.41) is 0. The van der Waals surface area contributed by atoms with Crippen molar-refractivity contribution < 1.29 is 9.53 Å². The predicted octanol–water partition coefficient (Wildman–Crippen LogP) is 3.38. The van der Waals surface area contributed by atoms with Crippen LogP contribution in [0.4, 0.5) is 5.82 Å². The highest BCUT2D eigenvalue weighted by Gasteiger charge is 2.57. The Balaban J connectivity index is 1.74. The second-order valence-corrected chi connectivity index (χ2v) is 7.67. The van der Waals surface area contributed by atoms with Crippen LogP contribution in [0.1, 0.15) is 44.0 Å². The number of rotatable bonds is 3. The van der Waals surface area contributed by atoms with Crippen LogP contribution in [0.25, 0.3) is 0 Å². The van der Waals surface area contributed by atoms with Crippen LogP contribution in [0.2, 0.25) is 0 Å². The molecule has 22 heavy (non-hydrogen) atoms. The van der Waals surface area contributed by atoms with Gasteiger partial charge in [0.15, 0.2) is 0 Å². The van der Waals surface area contributed by atoms with E-state index in [0.29, 0.717) is 34.6 Å². The number of nitrogens with zero attached hydrogens (tertiary/aromatic N) is 2. The van der Waals surface area contributed by atoms with E-state index in [9.17, 15) is 4.79 Å². The molecule has 1 aromatic rings. The van der Waals surface area contributed by atoms with Gasteiger partial charge in [-0.2, -0.15) is 0 Å². The molecule has 3 saturated carbocycles. The number of hydrogen-bond donors (Lipinski definition) is 0. The van der Waals surface area contributed by atoms with Crippen molar-refractivity contribution in [1.29, 1.82) is 0 Å². The molecule has 2 bridgehead atoms. The zero-order valence-electron chi connectivity index (χ0n) is 14.2. The van der Waals surface area contributed by atoms with Crippen molar-refractivity contribution in [2.75, 3.05) is 19.0 Å². The number of carbonyl (C=O) groups excluding carboxylic acids is 1. The van der Waals surface area contributed by atoms with Gasteiger partial charge in [-0.3, -0.25) is 0 Å². The molecule has 4 atom stereocenters. The average Bonchev–Trinajstić information content (AvgIpc) is 2.48. The van der Waals surface area contributed by atoms with Gasteiger partial charge in [-0.1, -0.05) is 20.8 Å². The maximum atomic E-state index is 12.6.